The van der Waals surface area contributed by atoms with Gasteiger partial charge in [0.05, 0.1) is 4.90 Å². The molecule has 2 N–H and O–H groups in total. The molecule has 0 fully saturated rings. The molecule has 0 aliphatic rings. The van der Waals surface area contributed by atoms with Crippen LogP contribution in [0, 0.1) is 0 Å². The fourth-order valence-corrected chi connectivity index (χ4v) is 4.60. The number of pyridine rings is 1. The summed E-state index contributed by atoms with van der Waals surface area (Å²) in [6, 6.07) is 4.96. The number of nitrogens with zero attached hydrogens (tertiary/aromatic N) is 1. The molecular formula is C14H19N3O2S2. The summed E-state index contributed by atoms with van der Waals surface area (Å²) in [5, 5.41) is 4.96. The van der Waals surface area contributed by atoms with Crippen LogP contribution < -0.4 is 10.0 Å². The Bertz CT molecular complexity index is 669. The number of rotatable bonds is 7. The maximum absolute atomic E-state index is 12.5. The van der Waals surface area contributed by atoms with Crippen LogP contribution in [0.15, 0.2) is 40.9 Å². The van der Waals surface area contributed by atoms with E-state index in [9.17, 15) is 8.42 Å². The lowest BCUT2D eigenvalue weighted by Crippen LogP contribution is -2.27. The van der Waals surface area contributed by atoms with Crippen LogP contribution in [0.5, 0.6) is 0 Å². The summed E-state index contributed by atoms with van der Waals surface area (Å²) in [5.41, 5.74) is 0.886. The van der Waals surface area contributed by atoms with Gasteiger partial charge >= 0.3 is 0 Å². The van der Waals surface area contributed by atoms with Gasteiger partial charge in [-0.05, 0) is 42.6 Å². The van der Waals surface area contributed by atoms with Crippen molar-refractivity contribution in [1.82, 2.24) is 15.0 Å². The Morgan fingerprint density at radius 1 is 1.29 bits per heavy atom. The van der Waals surface area contributed by atoms with Crippen LogP contribution in [0.4, 0.5) is 0 Å². The molecule has 2 aromatic heterocycles. The Morgan fingerprint density at radius 3 is 2.67 bits per heavy atom. The van der Waals surface area contributed by atoms with Crippen molar-refractivity contribution in [3.63, 3.8) is 0 Å². The fourth-order valence-electron chi connectivity index (χ4n) is 1.95. The molecule has 2 aromatic rings. The molecule has 1 unspecified atom stereocenters. The summed E-state index contributed by atoms with van der Waals surface area (Å²) in [7, 11) is -3.53. The van der Waals surface area contributed by atoms with E-state index in [0.717, 1.165) is 17.0 Å². The molecule has 7 heteroatoms. The SMILES string of the molecule is CCNCc1sccc1S(=O)(=O)NC(C)c1ccncc1. The summed E-state index contributed by atoms with van der Waals surface area (Å²) in [4.78, 5) is 5.12. The van der Waals surface area contributed by atoms with Gasteiger partial charge in [-0.1, -0.05) is 6.92 Å². The summed E-state index contributed by atoms with van der Waals surface area (Å²) >= 11 is 1.45. The lowest BCUT2D eigenvalue weighted by Gasteiger charge is -2.14. The van der Waals surface area contributed by atoms with E-state index in [1.807, 2.05) is 13.8 Å². The van der Waals surface area contributed by atoms with Crippen molar-refractivity contribution >= 4 is 21.4 Å². The number of hydrogen-bond acceptors (Lipinski definition) is 5. The van der Waals surface area contributed by atoms with Gasteiger partial charge in [0.25, 0.3) is 0 Å². The summed E-state index contributed by atoms with van der Waals surface area (Å²) in [6.07, 6.45) is 3.31. The second-order valence-corrected chi connectivity index (χ2v) is 7.29. The summed E-state index contributed by atoms with van der Waals surface area (Å²) < 4.78 is 27.7. The lowest BCUT2D eigenvalue weighted by atomic mass is 10.1. The monoisotopic (exact) mass is 325 g/mol. The molecule has 0 aromatic carbocycles. The van der Waals surface area contributed by atoms with E-state index < -0.39 is 10.0 Å². The highest BCUT2D eigenvalue weighted by Gasteiger charge is 2.22. The molecular weight excluding hydrogens is 306 g/mol. The van der Waals surface area contributed by atoms with Gasteiger partial charge in [0, 0.05) is 29.9 Å². The number of aromatic nitrogens is 1. The predicted molar refractivity (Wildman–Crippen MR) is 84.7 cm³/mol. The predicted octanol–water partition coefficient (Wildman–Crippen LogP) is 2.29. The molecule has 21 heavy (non-hydrogen) atoms. The summed E-state index contributed by atoms with van der Waals surface area (Å²) in [6.45, 7) is 5.18. The first-order valence-electron chi connectivity index (χ1n) is 6.74. The third-order valence-electron chi connectivity index (χ3n) is 3.07. The van der Waals surface area contributed by atoms with Gasteiger partial charge < -0.3 is 5.32 Å². The Morgan fingerprint density at radius 2 is 2.00 bits per heavy atom. The highest BCUT2D eigenvalue weighted by atomic mass is 32.2. The molecule has 1 atom stereocenters. The van der Waals surface area contributed by atoms with Crippen LogP contribution in [0.1, 0.15) is 30.3 Å². The third-order valence-corrected chi connectivity index (χ3v) is 5.74. The minimum atomic E-state index is -3.53. The van der Waals surface area contributed by atoms with Gasteiger partial charge in [-0.25, -0.2) is 13.1 Å². The molecule has 2 heterocycles. The fraction of sp³-hybridized carbons (Fsp3) is 0.357. The van der Waals surface area contributed by atoms with E-state index in [0.29, 0.717) is 11.4 Å². The molecule has 114 valence electrons. The first-order valence-corrected chi connectivity index (χ1v) is 9.10. The molecule has 0 aliphatic carbocycles. The number of thiophene rings is 1. The van der Waals surface area contributed by atoms with Crippen LogP contribution in [-0.4, -0.2) is 19.9 Å². The first-order chi connectivity index (χ1) is 10.0. The molecule has 0 aliphatic heterocycles. The maximum Gasteiger partial charge on any atom is 0.242 e. The first kappa shape index (κ1) is 16.1. The zero-order valence-corrected chi connectivity index (χ0v) is 13.7. The molecule has 0 saturated heterocycles. The molecule has 0 radical (unpaired) electrons. The quantitative estimate of drug-likeness (QED) is 0.819. The van der Waals surface area contributed by atoms with Crippen molar-refractivity contribution in [1.29, 1.82) is 0 Å². The third kappa shape index (κ3) is 4.10. The van der Waals surface area contributed by atoms with Gasteiger partial charge in [-0.2, -0.15) is 0 Å². The lowest BCUT2D eigenvalue weighted by molar-refractivity contribution is 0.565. The number of hydrogen-bond donors (Lipinski definition) is 2. The van der Waals surface area contributed by atoms with E-state index in [4.69, 9.17) is 0 Å². The molecule has 0 spiro atoms. The zero-order chi connectivity index (χ0) is 15.3. The van der Waals surface area contributed by atoms with Gasteiger partial charge in [0.2, 0.25) is 10.0 Å². The maximum atomic E-state index is 12.5. The van der Waals surface area contributed by atoms with Gasteiger partial charge in [-0.15, -0.1) is 11.3 Å². The van der Waals surface area contributed by atoms with Crippen LogP contribution in [-0.2, 0) is 16.6 Å². The van der Waals surface area contributed by atoms with E-state index in [1.165, 1.54) is 11.3 Å². The largest absolute Gasteiger partial charge is 0.312 e. The smallest absolute Gasteiger partial charge is 0.242 e. The highest BCUT2D eigenvalue weighted by Crippen LogP contribution is 2.23. The van der Waals surface area contributed by atoms with Crippen LogP contribution >= 0.6 is 11.3 Å². The minimum absolute atomic E-state index is 0.301. The standard InChI is InChI=1S/C14H19N3O2S2/c1-3-15-10-13-14(6-9-20-13)21(18,19)17-11(2)12-4-7-16-8-5-12/h4-9,11,15,17H,3,10H2,1-2H3. The number of nitrogens with one attached hydrogen (secondary N) is 2. The van der Waals surface area contributed by atoms with E-state index in [2.05, 4.69) is 15.0 Å². The average molecular weight is 325 g/mol. The Kier molecular flexibility index (Phi) is 5.46. The van der Waals surface area contributed by atoms with Gasteiger partial charge in [0.15, 0.2) is 0 Å². The van der Waals surface area contributed by atoms with E-state index in [-0.39, 0.29) is 6.04 Å². The molecule has 0 amide bonds. The van der Waals surface area contributed by atoms with Crippen LogP contribution in [0.25, 0.3) is 0 Å². The van der Waals surface area contributed by atoms with E-state index in [1.54, 1.807) is 36.0 Å². The van der Waals surface area contributed by atoms with Gasteiger partial charge in [-0.3, -0.25) is 4.98 Å². The number of sulfonamides is 1. The highest BCUT2D eigenvalue weighted by molar-refractivity contribution is 7.89. The van der Waals surface area contributed by atoms with Crippen molar-refractivity contribution in [3.8, 4) is 0 Å². The Labute approximate surface area is 129 Å². The Balaban J connectivity index is 2.17. The van der Waals surface area contributed by atoms with Crippen molar-refractivity contribution in [2.45, 2.75) is 31.3 Å². The molecule has 2 rings (SSSR count). The molecule has 0 bridgehead atoms. The van der Waals surface area contributed by atoms with Crippen molar-refractivity contribution in [2.24, 2.45) is 0 Å². The van der Waals surface area contributed by atoms with E-state index >= 15 is 0 Å². The van der Waals surface area contributed by atoms with Crippen LogP contribution in [0.2, 0.25) is 0 Å². The van der Waals surface area contributed by atoms with Crippen molar-refractivity contribution in [2.75, 3.05) is 6.54 Å². The normalized spacial score (nSPS) is 13.2. The Hall–Kier alpha value is -1.28. The van der Waals surface area contributed by atoms with Crippen molar-refractivity contribution < 1.29 is 8.42 Å². The van der Waals surface area contributed by atoms with Gasteiger partial charge in [0.1, 0.15) is 0 Å². The summed E-state index contributed by atoms with van der Waals surface area (Å²) in [5.74, 6) is 0. The molecule has 0 saturated carbocycles. The minimum Gasteiger partial charge on any atom is -0.312 e. The second-order valence-electron chi connectivity index (χ2n) is 4.61. The zero-order valence-electron chi connectivity index (χ0n) is 12.0. The molecule has 5 nitrogen and oxygen atoms in total. The van der Waals surface area contributed by atoms with Crippen molar-refractivity contribution in [3.05, 3.63) is 46.4 Å². The second kappa shape index (κ2) is 7.13. The van der Waals surface area contributed by atoms with Crippen LogP contribution in [0.3, 0.4) is 0 Å². The average Bonchev–Trinajstić information content (AvgIpc) is 2.95. The topological polar surface area (TPSA) is 71.1 Å².